The molecule has 8 heterocycles. The Morgan fingerprint density at radius 1 is 0.509 bits per heavy atom. The van der Waals surface area contributed by atoms with E-state index in [1.165, 1.54) is 70.6 Å². The molecule has 4 amide bonds. The van der Waals surface area contributed by atoms with Crippen molar-refractivity contribution in [3.05, 3.63) is 140 Å². The number of aliphatic hydroxyl groups excluding tert-OH is 1. The Bertz CT molecular complexity index is 4450. The second-order valence-corrected chi connectivity index (χ2v) is 34.9. The molecule has 8 aromatic rings. The van der Waals surface area contributed by atoms with Crippen LogP contribution in [-0.4, -0.2) is 142 Å². The van der Waals surface area contributed by atoms with Crippen LogP contribution in [0.1, 0.15) is 234 Å². The minimum atomic E-state index is -0.848. The van der Waals surface area contributed by atoms with Crippen molar-refractivity contribution in [3.63, 3.8) is 0 Å². The van der Waals surface area contributed by atoms with Gasteiger partial charge in [0.2, 0.25) is 0 Å². The molecule has 5 aliphatic carbocycles. The molecular weight excluding hydrogens is 1450 g/mol. The van der Waals surface area contributed by atoms with Crippen molar-refractivity contribution in [1.82, 2.24) is 39.5 Å². The van der Waals surface area contributed by atoms with Crippen LogP contribution in [0.5, 0.6) is 0 Å². The summed E-state index contributed by atoms with van der Waals surface area (Å²) in [7, 11) is 0. The van der Waals surface area contributed by atoms with Gasteiger partial charge in [0.05, 0.1) is 121 Å². The molecule has 9 fully saturated rings. The molecular formula is C86H110Cl4N8O10. The third-order valence-electron chi connectivity index (χ3n) is 25.4. The summed E-state index contributed by atoms with van der Waals surface area (Å²) < 4.78 is 30.8. The molecule has 4 saturated heterocycles. The van der Waals surface area contributed by atoms with Crippen LogP contribution < -0.4 is 21.3 Å². The van der Waals surface area contributed by atoms with Gasteiger partial charge in [0.25, 0.3) is 23.6 Å². The predicted molar refractivity (Wildman–Crippen MR) is 430 cm³/mol. The minimum Gasteiger partial charge on any atom is -0.396 e. The molecule has 5 saturated carbocycles. The first-order valence-electron chi connectivity index (χ1n) is 40.3. The van der Waals surface area contributed by atoms with E-state index in [4.69, 9.17) is 65.4 Å². The fraction of sp³-hybridized carbons (Fsp3) is 0.581. The molecule has 4 aliphatic heterocycles. The first kappa shape index (κ1) is 78.5. The molecule has 0 spiro atoms. The van der Waals surface area contributed by atoms with Gasteiger partial charge in [0, 0.05) is 105 Å². The van der Waals surface area contributed by atoms with E-state index in [0.717, 1.165) is 159 Å². The number of carbonyl (C=O) groups is 4. The number of rotatable bonds is 19. The number of aromatic nitrogens is 4. The highest BCUT2D eigenvalue weighted by atomic mass is 35.5. The van der Waals surface area contributed by atoms with Gasteiger partial charge in [-0.05, 0) is 187 Å². The average Bonchev–Trinajstić information content (AvgIpc) is 1.63. The molecule has 108 heavy (non-hydrogen) atoms. The van der Waals surface area contributed by atoms with Crippen LogP contribution in [0.15, 0.2) is 97.6 Å². The largest absolute Gasteiger partial charge is 0.396 e. The fourth-order valence-corrected chi connectivity index (χ4v) is 20.9. The Morgan fingerprint density at radius 2 is 0.935 bits per heavy atom. The molecule has 582 valence electrons. The maximum absolute atomic E-state index is 13.3. The molecule has 9 aliphatic rings. The number of nitrogens with zero attached hydrogens (tertiary/aromatic N) is 4. The van der Waals surface area contributed by atoms with Crippen molar-refractivity contribution in [2.45, 2.75) is 210 Å². The summed E-state index contributed by atoms with van der Waals surface area (Å²) >= 11 is 25.9. The molecule has 10 atom stereocenters. The number of ether oxygens (including phenoxy) is 4. The van der Waals surface area contributed by atoms with Crippen LogP contribution in [0.25, 0.3) is 43.6 Å². The lowest BCUT2D eigenvalue weighted by Crippen LogP contribution is -2.48. The Labute approximate surface area is 655 Å². The Kier molecular flexibility index (Phi) is 25.6. The van der Waals surface area contributed by atoms with Crippen molar-refractivity contribution in [2.24, 2.45) is 35.0 Å². The van der Waals surface area contributed by atoms with Crippen molar-refractivity contribution in [3.8, 4) is 0 Å². The van der Waals surface area contributed by atoms with E-state index >= 15 is 0 Å². The number of hydrogen-bond donors (Lipinski definition) is 6. The lowest BCUT2D eigenvalue weighted by molar-refractivity contribution is -0.0361. The van der Waals surface area contributed by atoms with Gasteiger partial charge in [0.15, 0.2) is 0 Å². The molecule has 4 aromatic carbocycles. The molecule has 0 radical (unpaired) electrons. The molecule has 4 aromatic heterocycles. The topological polar surface area (TPSA) is 214 Å². The summed E-state index contributed by atoms with van der Waals surface area (Å²) in [6, 6.07) is 24.4. The van der Waals surface area contributed by atoms with Crippen LogP contribution in [-0.2, 0) is 18.9 Å². The van der Waals surface area contributed by atoms with E-state index in [1.54, 1.807) is 0 Å². The lowest BCUT2D eigenvalue weighted by atomic mass is 9.70. The Hall–Kier alpha value is -6.16. The number of hydrogen-bond acceptors (Lipinski definition) is 10. The van der Waals surface area contributed by atoms with Gasteiger partial charge in [0.1, 0.15) is 0 Å². The number of benzene rings is 4. The zero-order valence-corrected chi connectivity index (χ0v) is 66.1. The van der Waals surface area contributed by atoms with E-state index < -0.39 is 5.60 Å². The van der Waals surface area contributed by atoms with Gasteiger partial charge in [-0.2, -0.15) is 0 Å². The minimum absolute atomic E-state index is 0.000962. The smallest absolute Gasteiger partial charge is 0.253 e. The molecule has 8 unspecified atom stereocenters. The summed E-state index contributed by atoms with van der Waals surface area (Å²) in [5.74, 6) is 3.23. The number of amides is 4. The summed E-state index contributed by atoms with van der Waals surface area (Å²) in [5.41, 5.74) is 5.77. The predicted octanol–water partition coefficient (Wildman–Crippen LogP) is 18.0. The number of aliphatic hydroxyl groups is 2. The SMILES string of the molecule is CC(NC(=O)c1cn(C2CCOC2)c2cccc(Cl)c12)C1C[C@H]2CC[C@@H]1C2.CC1(C)CCCC(O)(CNC(=O)c2cn(C3CCOC3)c3cccc(Cl)c23)C1.O=C(NC(CCO)C1CCCCC1)c1cn(C2CCOC2)c2cccc(Cl)c12.O=C(NCCC1CCCC1)c1cn(C2CCOC2)c2cccc(Cl)c12. The van der Waals surface area contributed by atoms with Gasteiger partial charge in [-0.3, -0.25) is 19.2 Å². The van der Waals surface area contributed by atoms with Crippen LogP contribution in [0, 0.1) is 35.0 Å². The summed E-state index contributed by atoms with van der Waals surface area (Å²) in [6.45, 7) is 13.3. The van der Waals surface area contributed by atoms with Crippen LogP contribution in [0.4, 0.5) is 0 Å². The maximum Gasteiger partial charge on any atom is 0.253 e. The first-order chi connectivity index (χ1) is 52.3. The van der Waals surface area contributed by atoms with Crippen LogP contribution >= 0.6 is 46.4 Å². The second-order valence-electron chi connectivity index (χ2n) is 33.3. The lowest BCUT2D eigenvalue weighted by Gasteiger charge is -2.41. The van der Waals surface area contributed by atoms with Gasteiger partial charge < -0.3 is 68.7 Å². The third kappa shape index (κ3) is 17.7. The highest BCUT2D eigenvalue weighted by molar-refractivity contribution is 6.38. The van der Waals surface area contributed by atoms with E-state index in [9.17, 15) is 29.4 Å². The monoisotopic (exact) mass is 1550 g/mol. The highest BCUT2D eigenvalue weighted by Crippen LogP contribution is 2.50. The third-order valence-corrected chi connectivity index (χ3v) is 26.6. The molecule has 6 N–H and O–H groups in total. The Morgan fingerprint density at radius 3 is 1.33 bits per heavy atom. The maximum atomic E-state index is 13.3. The number of carbonyl (C=O) groups excluding carboxylic acids is 4. The fourth-order valence-electron chi connectivity index (χ4n) is 19.8. The average molecular weight is 1560 g/mol. The number of halogens is 4. The molecule has 2 bridgehead atoms. The van der Waals surface area contributed by atoms with Crippen LogP contribution in [0.2, 0.25) is 20.1 Å². The van der Waals surface area contributed by atoms with E-state index in [2.05, 4.69) is 66.4 Å². The zero-order valence-electron chi connectivity index (χ0n) is 63.1. The van der Waals surface area contributed by atoms with Crippen LogP contribution in [0.3, 0.4) is 0 Å². The normalized spacial score (nSPS) is 25.4. The van der Waals surface area contributed by atoms with Crippen molar-refractivity contribution < 1.29 is 48.3 Å². The number of fused-ring (bicyclic) bond motifs is 6. The van der Waals surface area contributed by atoms with Crippen molar-refractivity contribution in [1.29, 1.82) is 0 Å². The van der Waals surface area contributed by atoms with Gasteiger partial charge in [-0.15, -0.1) is 0 Å². The summed E-state index contributed by atoms with van der Waals surface area (Å²) in [4.78, 5) is 52.3. The van der Waals surface area contributed by atoms with E-state index in [1.807, 2.05) is 91.5 Å². The summed E-state index contributed by atoms with van der Waals surface area (Å²) in [5, 5.41) is 38.9. The molecule has 17 rings (SSSR count). The second kappa shape index (κ2) is 35.3. The summed E-state index contributed by atoms with van der Waals surface area (Å²) in [6.07, 6.45) is 33.3. The van der Waals surface area contributed by atoms with Crippen molar-refractivity contribution >= 4 is 114 Å². The van der Waals surface area contributed by atoms with E-state index in [0.29, 0.717) is 93.4 Å². The van der Waals surface area contributed by atoms with Crippen molar-refractivity contribution in [2.75, 3.05) is 72.6 Å². The Balaban J connectivity index is 0.000000121. The molecule has 18 nitrogen and oxygen atoms in total. The number of nitrogens with one attached hydrogen (secondary N) is 4. The van der Waals surface area contributed by atoms with Gasteiger partial charge in [-0.1, -0.05) is 136 Å². The quantitative estimate of drug-likeness (QED) is 0.0451. The van der Waals surface area contributed by atoms with Gasteiger partial charge >= 0.3 is 0 Å². The highest BCUT2D eigenvalue weighted by Gasteiger charge is 2.43. The van der Waals surface area contributed by atoms with Gasteiger partial charge in [-0.25, -0.2) is 0 Å². The standard InChI is InChI=1S/2C22H29ClN2O3.C22H27ClN2O2.C20H25ClN2O2/c1-21(2)8-4-9-22(27,13-21)14-24-20(26)16-11-25(15-7-10-28-12-15)18-6-3-5-17(23)19(16)18;23-18-7-4-8-20-21(18)17(13-25(20)16-10-12-28-14-16)22(27)24-19(9-11-26)15-5-2-1-3-6-15;1-13(17-10-14-5-6-15(17)9-14)24-22(26)18-11-25(16-7-8-27-12-16)20-4-2-3-19(23)21(18)20;21-17-6-3-7-18-19(17)16(12-23(18)15-9-11-25-13-15)20(24)22-10-8-14-4-1-2-5-14/h3,5-6,11,15,27H,4,7-10,12-14H2,1-2H3,(H,24,26);4,7-8,13,15-16,19,26H,1-3,5-6,9-12,14H2,(H,24,27);2-4,11,13-17H,5-10,12H2,1H3,(H,24,26);3,6-7,12,14-15H,1-2,4-5,8-11,13H2,(H,22,24)/t;;13?,14-,15+,16?,17?;/m..0./s1. The first-order valence-corrected chi connectivity index (χ1v) is 41.8. The van der Waals surface area contributed by atoms with E-state index in [-0.39, 0.29) is 78.4 Å². The molecule has 22 heteroatoms. The zero-order chi connectivity index (χ0) is 75.2.